The molecule has 0 fully saturated rings. The Kier molecular flexibility index (Phi) is 8.40. The highest BCUT2D eigenvalue weighted by Gasteiger charge is 2.45. The van der Waals surface area contributed by atoms with Gasteiger partial charge in [0.05, 0.1) is 5.69 Å². The first kappa shape index (κ1) is 37.6. The molecule has 3 aliphatic rings. The summed E-state index contributed by atoms with van der Waals surface area (Å²) in [7, 11) is 0. The van der Waals surface area contributed by atoms with Crippen molar-refractivity contribution in [1.82, 2.24) is 0 Å². The summed E-state index contributed by atoms with van der Waals surface area (Å²) in [4.78, 5) is 5.25. The van der Waals surface area contributed by atoms with Gasteiger partial charge in [-0.3, -0.25) is 0 Å². The van der Waals surface area contributed by atoms with E-state index in [0.29, 0.717) is 0 Å². The van der Waals surface area contributed by atoms with Crippen molar-refractivity contribution in [3.05, 3.63) is 149 Å². The van der Waals surface area contributed by atoms with Gasteiger partial charge in [-0.1, -0.05) is 143 Å². The Morgan fingerprint density at radius 1 is 0.491 bits per heavy atom. The lowest BCUT2D eigenvalue weighted by molar-refractivity contribution is 0.392. The zero-order valence-electron chi connectivity index (χ0n) is 36.4. The molecule has 0 saturated heterocycles. The van der Waals surface area contributed by atoms with Gasteiger partial charge in [0.25, 0.3) is 6.71 Å². The van der Waals surface area contributed by atoms with E-state index in [0.717, 1.165) is 12.8 Å². The summed E-state index contributed by atoms with van der Waals surface area (Å²) in [5.41, 5.74) is 22.9. The molecule has 2 heterocycles. The molecule has 0 N–H and O–H groups in total. The Labute approximate surface area is 343 Å². The summed E-state index contributed by atoms with van der Waals surface area (Å²) in [6.07, 6.45) is 2.20. The van der Waals surface area contributed by atoms with Crippen LogP contribution in [0.4, 0.5) is 34.1 Å². The lowest BCUT2D eigenvalue weighted by Gasteiger charge is -2.45. The van der Waals surface area contributed by atoms with Crippen LogP contribution in [0.25, 0.3) is 11.1 Å². The molecule has 0 aromatic heterocycles. The number of hydrogen-bond acceptors (Lipinski definition) is 2. The summed E-state index contributed by atoms with van der Waals surface area (Å²) < 4.78 is 0. The molecule has 0 saturated carbocycles. The third-order valence-corrected chi connectivity index (χ3v) is 12.9. The summed E-state index contributed by atoms with van der Waals surface area (Å²) in [6, 6.07) is 45.1. The van der Waals surface area contributed by atoms with Crippen LogP contribution in [-0.4, -0.2) is 6.71 Å². The van der Waals surface area contributed by atoms with Crippen LogP contribution in [0, 0.1) is 12.3 Å². The van der Waals surface area contributed by atoms with E-state index in [-0.39, 0.29) is 28.4 Å². The van der Waals surface area contributed by atoms with Crippen LogP contribution in [0.15, 0.2) is 115 Å². The minimum Gasteiger partial charge on any atom is -0.311 e. The quantitative estimate of drug-likeness (QED) is 0.166. The monoisotopic (exact) mass is 746 g/mol. The minimum atomic E-state index is 0.00668. The average molecular weight is 747 g/mol. The number of aryl methyl sites for hydroxylation is 1. The van der Waals surface area contributed by atoms with Crippen molar-refractivity contribution >= 4 is 57.2 Å². The standard InChI is InChI=1S/C54H59BN2/c1-34-25-48-50-49(26-34)57(45-24-22-39(52(5,6)7)30-42(45)35-17-14-13-15-18-35)46-28-37-33-54(11,12)32-36(37)27-44(46)55(50)43-23-21-40(53(8,9)10)31-47(43)56(48)41-20-16-19-38(29-41)51(2,3)4/h13-31H,32-33H2,1-12H3. The normalized spacial score (nSPS) is 15.6. The lowest BCUT2D eigenvalue weighted by Crippen LogP contribution is -2.61. The first-order chi connectivity index (χ1) is 26.8. The number of nitrogens with zero attached hydrogens (tertiary/aromatic N) is 2. The lowest BCUT2D eigenvalue weighted by atomic mass is 9.33. The molecule has 3 heteroatoms. The van der Waals surface area contributed by atoms with Gasteiger partial charge in [0.15, 0.2) is 0 Å². The van der Waals surface area contributed by atoms with Crippen molar-refractivity contribution in [2.75, 3.05) is 9.80 Å². The van der Waals surface area contributed by atoms with E-state index < -0.39 is 0 Å². The Balaban J connectivity index is 1.40. The molecule has 2 nitrogen and oxygen atoms in total. The molecule has 0 atom stereocenters. The largest absolute Gasteiger partial charge is 0.311 e. The highest BCUT2D eigenvalue weighted by Crippen LogP contribution is 2.50. The Morgan fingerprint density at radius 3 is 1.74 bits per heavy atom. The fourth-order valence-electron chi connectivity index (χ4n) is 9.85. The Bertz CT molecular complexity index is 2570. The van der Waals surface area contributed by atoms with Crippen molar-refractivity contribution in [3.8, 4) is 11.1 Å². The minimum absolute atomic E-state index is 0.00668. The highest BCUT2D eigenvalue weighted by atomic mass is 15.2. The second-order valence-corrected chi connectivity index (χ2v) is 21.2. The van der Waals surface area contributed by atoms with E-state index in [1.54, 1.807) is 0 Å². The number of fused-ring (bicyclic) bond motifs is 5. The first-order valence-electron chi connectivity index (χ1n) is 21.1. The molecular formula is C54H59BN2. The zero-order chi connectivity index (χ0) is 40.4. The van der Waals surface area contributed by atoms with Crippen molar-refractivity contribution < 1.29 is 0 Å². The first-order valence-corrected chi connectivity index (χ1v) is 21.1. The molecule has 0 unspecified atom stereocenters. The maximum atomic E-state index is 2.65. The third-order valence-electron chi connectivity index (χ3n) is 12.9. The predicted molar refractivity (Wildman–Crippen MR) is 248 cm³/mol. The van der Waals surface area contributed by atoms with E-state index in [2.05, 4.69) is 208 Å². The average Bonchev–Trinajstić information content (AvgIpc) is 3.45. The van der Waals surface area contributed by atoms with Crippen LogP contribution in [0.1, 0.15) is 110 Å². The molecule has 57 heavy (non-hydrogen) atoms. The van der Waals surface area contributed by atoms with E-state index >= 15 is 0 Å². The maximum absolute atomic E-state index is 2.65. The van der Waals surface area contributed by atoms with Crippen LogP contribution in [0.3, 0.4) is 0 Å². The van der Waals surface area contributed by atoms with Gasteiger partial charge >= 0.3 is 0 Å². The predicted octanol–water partition coefficient (Wildman–Crippen LogP) is 12.8. The van der Waals surface area contributed by atoms with Gasteiger partial charge in [0, 0.05) is 34.0 Å². The number of benzene rings is 6. The molecule has 1 aliphatic carbocycles. The summed E-state index contributed by atoms with van der Waals surface area (Å²) in [5, 5.41) is 0. The maximum Gasteiger partial charge on any atom is 0.252 e. The van der Waals surface area contributed by atoms with Crippen LogP contribution in [0.5, 0.6) is 0 Å². The van der Waals surface area contributed by atoms with Gasteiger partial charge in [0.1, 0.15) is 0 Å². The van der Waals surface area contributed by atoms with E-state index in [1.807, 2.05) is 0 Å². The molecule has 0 amide bonds. The number of anilines is 6. The second kappa shape index (κ2) is 12.7. The molecule has 6 aromatic rings. The van der Waals surface area contributed by atoms with E-state index in [9.17, 15) is 0 Å². The fraction of sp³-hybridized carbons (Fsp3) is 0.333. The molecule has 6 aromatic carbocycles. The van der Waals surface area contributed by atoms with Crippen LogP contribution in [-0.2, 0) is 29.1 Å². The Morgan fingerprint density at radius 2 is 1.07 bits per heavy atom. The van der Waals surface area contributed by atoms with Crippen molar-refractivity contribution in [2.45, 2.75) is 112 Å². The van der Waals surface area contributed by atoms with Gasteiger partial charge in [-0.25, -0.2) is 0 Å². The SMILES string of the molecule is Cc1cc2c3c(c1)N(c1ccc(C(C)(C)C)cc1-c1ccccc1)c1cc4c(cc1B3c1ccc(C(C)(C)C)cc1N2c1cccc(C(C)(C)C)c1)CC(C)(C)C4. The molecule has 2 aliphatic heterocycles. The van der Waals surface area contributed by atoms with E-state index in [4.69, 9.17) is 0 Å². The summed E-state index contributed by atoms with van der Waals surface area (Å²) in [5.74, 6) is 0. The van der Waals surface area contributed by atoms with Crippen molar-refractivity contribution in [1.29, 1.82) is 0 Å². The van der Waals surface area contributed by atoms with Gasteiger partial charge in [-0.05, 0) is 145 Å². The van der Waals surface area contributed by atoms with E-state index in [1.165, 1.54) is 95.0 Å². The van der Waals surface area contributed by atoms with Gasteiger partial charge in [-0.15, -0.1) is 0 Å². The Hall–Kier alpha value is -5.02. The topological polar surface area (TPSA) is 6.48 Å². The number of hydrogen-bond donors (Lipinski definition) is 0. The highest BCUT2D eigenvalue weighted by molar-refractivity contribution is 7.00. The van der Waals surface area contributed by atoms with Crippen molar-refractivity contribution in [2.24, 2.45) is 5.41 Å². The molecule has 288 valence electrons. The second-order valence-electron chi connectivity index (χ2n) is 21.2. The zero-order valence-corrected chi connectivity index (χ0v) is 36.4. The molecule has 9 rings (SSSR count). The van der Waals surface area contributed by atoms with Crippen LogP contribution >= 0.6 is 0 Å². The van der Waals surface area contributed by atoms with Crippen LogP contribution in [0.2, 0.25) is 0 Å². The van der Waals surface area contributed by atoms with Crippen LogP contribution < -0.4 is 26.2 Å². The summed E-state index contributed by atoms with van der Waals surface area (Å²) >= 11 is 0. The molecule has 0 spiro atoms. The molecule has 0 radical (unpaired) electrons. The number of rotatable bonds is 3. The molecule has 0 bridgehead atoms. The molecular weight excluding hydrogens is 687 g/mol. The van der Waals surface area contributed by atoms with Crippen molar-refractivity contribution in [3.63, 3.8) is 0 Å². The third kappa shape index (κ3) is 6.33. The van der Waals surface area contributed by atoms with Gasteiger partial charge < -0.3 is 9.80 Å². The fourth-order valence-corrected chi connectivity index (χ4v) is 9.85. The van der Waals surface area contributed by atoms with Gasteiger partial charge in [0.2, 0.25) is 0 Å². The van der Waals surface area contributed by atoms with Gasteiger partial charge in [-0.2, -0.15) is 0 Å². The summed E-state index contributed by atoms with van der Waals surface area (Å²) in [6.45, 7) is 28.2. The smallest absolute Gasteiger partial charge is 0.252 e.